The summed E-state index contributed by atoms with van der Waals surface area (Å²) in [5, 5.41) is 3.03. The molecule has 1 fully saturated rings. The molecular formula is C13H15NO. The van der Waals surface area contributed by atoms with Gasteiger partial charge in [-0.2, -0.15) is 0 Å². The Hall–Kier alpha value is -1.31. The molecule has 0 aromatic heterocycles. The van der Waals surface area contributed by atoms with Gasteiger partial charge in [-0.1, -0.05) is 25.0 Å². The molecule has 1 heterocycles. The third-order valence-corrected chi connectivity index (χ3v) is 3.83. The molecule has 2 heteroatoms. The lowest BCUT2D eigenvalue weighted by Gasteiger charge is -2.20. The smallest absolute Gasteiger partial charge is 0.235 e. The molecule has 0 saturated heterocycles. The van der Waals surface area contributed by atoms with Gasteiger partial charge in [-0.3, -0.25) is 4.79 Å². The second-order valence-corrected chi connectivity index (χ2v) is 4.79. The number of hydrogen-bond acceptors (Lipinski definition) is 1. The summed E-state index contributed by atoms with van der Waals surface area (Å²) in [5.74, 6) is 0.223. The van der Waals surface area contributed by atoms with Crippen LogP contribution in [-0.4, -0.2) is 5.91 Å². The number of benzene rings is 1. The highest BCUT2D eigenvalue weighted by Gasteiger charge is 2.48. The van der Waals surface area contributed by atoms with Gasteiger partial charge in [0, 0.05) is 5.69 Å². The zero-order chi connectivity index (χ0) is 10.5. The van der Waals surface area contributed by atoms with Gasteiger partial charge >= 0.3 is 0 Å². The van der Waals surface area contributed by atoms with Crippen molar-refractivity contribution < 1.29 is 4.79 Å². The Balaban J connectivity index is 2.17. The van der Waals surface area contributed by atoms with E-state index in [1.165, 1.54) is 24.0 Å². The Labute approximate surface area is 89.7 Å². The summed E-state index contributed by atoms with van der Waals surface area (Å²) in [5.41, 5.74) is 3.31. The number of rotatable bonds is 0. The summed E-state index contributed by atoms with van der Waals surface area (Å²) in [4.78, 5) is 12.1. The van der Waals surface area contributed by atoms with Gasteiger partial charge in [0.1, 0.15) is 0 Å². The van der Waals surface area contributed by atoms with Crippen molar-refractivity contribution in [1.82, 2.24) is 0 Å². The molecule has 1 amide bonds. The molecule has 78 valence electrons. The molecule has 1 aromatic rings. The number of carbonyl (C=O) groups excluding carboxylic acids is 1. The van der Waals surface area contributed by atoms with E-state index in [9.17, 15) is 4.79 Å². The SMILES string of the molecule is Cc1ccc2c(c1)NC(=O)C21CCCC1. The molecule has 1 aliphatic carbocycles. The van der Waals surface area contributed by atoms with E-state index in [0.29, 0.717) is 0 Å². The molecule has 15 heavy (non-hydrogen) atoms. The van der Waals surface area contributed by atoms with E-state index in [1.807, 2.05) is 0 Å². The standard InChI is InChI=1S/C13H15NO/c1-9-4-5-10-11(8-9)14-12(15)13(10)6-2-3-7-13/h4-5,8H,2-3,6-7H2,1H3,(H,14,15). The Bertz CT molecular complexity index is 430. The first kappa shape index (κ1) is 8.96. The molecule has 0 unspecified atom stereocenters. The number of amides is 1. The number of nitrogens with one attached hydrogen (secondary N) is 1. The topological polar surface area (TPSA) is 29.1 Å². The van der Waals surface area contributed by atoms with E-state index in [2.05, 4.69) is 30.4 Å². The van der Waals surface area contributed by atoms with Crippen LogP contribution in [0.3, 0.4) is 0 Å². The Morgan fingerprint density at radius 2 is 2.00 bits per heavy atom. The van der Waals surface area contributed by atoms with Gasteiger partial charge in [-0.25, -0.2) is 0 Å². The highest BCUT2D eigenvalue weighted by atomic mass is 16.2. The van der Waals surface area contributed by atoms with Crippen LogP contribution in [0.5, 0.6) is 0 Å². The lowest BCUT2D eigenvalue weighted by molar-refractivity contribution is -0.120. The maximum atomic E-state index is 12.1. The average molecular weight is 201 g/mol. The monoisotopic (exact) mass is 201 g/mol. The summed E-state index contributed by atoms with van der Waals surface area (Å²) in [7, 11) is 0. The molecule has 3 rings (SSSR count). The Kier molecular flexibility index (Phi) is 1.70. The second-order valence-electron chi connectivity index (χ2n) is 4.79. The van der Waals surface area contributed by atoms with Crippen molar-refractivity contribution in [2.75, 3.05) is 5.32 Å². The van der Waals surface area contributed by atoms with Crippen LogP contribution in [0.1, 0.15) is 36.8 Å². The van der Waals surface area contributed by atoms with Gasteiger partial charge in [0.05, 0.1) is 5.41 Å². The fourth-order valence-corrected chi connectivity index (χ4v) is 3.02. The van der Waals surface area contributed by atoms with Crippen molar-refractivity contribution in [3.8, 4) is 0 Å². The largest absolute Gasteiger partial charge is 0.325 e. The van der Waals surface area contributed by atoms with E-state index in [0.717, 1.165) is 18.5 Å². The molecule has 1 saturated carbocycles. The van der Waals surface area contributed by atoms with Crippen molar-refractivity contribution in [2.24, 2.45) is 0 Å². The average Bonchev–Trinajstić information content (AvgIpc) is 2.76. The molecule has 2 nitrogen and oxygen atoms in total. The number of anilines is 1. The molecule has 2 aliphatic rings. The van der Waals surface area contributed by atoms with Crippen LogP contribution in [0.15, 0.2) is 18.2 Å². The molecule has 1 N–H and O–H groups in total. The normalized spacial score (nSPS) is 21.8. The number of aryl methyl sites for hydroxylation is 1. The number of fused-ring (bicyclic) bond motifs is 2. The van der Waals surface area contributed by atoms with E-state index < -0.39 is 0 Å². The van der Waals surface area contributed by atoms with Crippen molar-refractivity contribution >= 4 is 11.6 Å². The summed E-state index contributed by atoms with van der Waals surface area (Å²) < 4.78 is 0. The van der Waals surface area contributed by atoms with E-state index in [1.54, 1.807) is 0 Å². The number of carbonyl (C=O) groups is 1. The molecule has 1 aromatic carbocycles. The van der Waals surface area contributed by atoms with E-state index in [-0.39, 0.29) is 11.3 Å². The first-order chi connectivity index (χ1) is 7.22. The molecule has 1 spiro atoms. The maximum absolute atomic E-state index is 12.1. The fraction of sp³-hybridized carbons (Fsp3) is 0.462. The first-order valence-corrected chi connectivity index (χ1v) is 5.65. The van der Waals surface area contributed by atoms with Crippen LogP contribution in [0, 0.1) is 6.92 Å². The van der Waals surface area contributed by atoms with Gasteiger partial charge in [0.25, 0.3) is 0 Å². The minimum atomic E-state index is -0.178. The van der Waals surface area contributed by atoms with Gasteiger partial charge in [-0.05, 0) is 37.0 Å². The lowest BCUT2D eigenvalue weighted by atomic mass is 9.80. The fourth-order valence-electron chi connectivity index (χ4n) is 3.02. The molecule has 0 radical (unpaired) electrons. The van der Waals surface area contributed by atoms with Crippen LogP contribution >= 0.6 is 0 Å². The highest BCUT2D eigenvalue weighted by Crippen LogP contribution is 2.48. The molecule has 0 atom stereocenters. The third kappa shape index (κ3) is 1.08. The van der Waals surface area contributed by atoms with Crippen LogP contribution in [0.4, 0.5) is 5.69 Å². The van der Waals surface area contributed by atoms with Crippen LogP contribution in [-0.2, 0) is 10.2 Å². The zero-order valence-electron chi connectivity index (χ0n) is 8.97. The van der Waals surface area contributed by atoms with E-state index >= 15 is 0 Å². The lowest BCUT2D eigenvalue weighted by Crippen LogP contribution is -2.30. The quantitative estimate of drug-likeness (QED) is 0.687. The minimum absolute atomic E-state index is 0.178. The van der Waals surface area contributed by atoms with Crippen molar-refractivity contribution in [3.05, 3.63) is 29.3 Å². The number of hydrogen-bond donors (Lipinski definition) is 1. The van der Waals surface area contributed by atoms with Gasteiger partial charge in [0.2, 0.25) is 5.91 Å². The van der Waals surface area contributed by atoms with Crippen molar-refractivity contribution in [2.45, 2.75) is 38.0 Å². The highest BCUT2D eigenvalue weighted by molar-refractivity contribution is 6.06. The Morgan fingerprint density at radius 3 is 2.73 bits per heavy atom. The summed E-state index contributed by atoms with van der Waals surface area (Å²) >= 11 is 0. The van der Waals surface area contributed by atoms with Crippen molar-refractivity contribution in [1.29, 1.82) is 0 Å². The maximum Gasteiger partial charge on any atom is 0.235 e. The third-order valence-electron chi connectivity index (χ3n) is 3.83. The predicted molar refractivity (Wildman–Crippen MR) is 60.0 cm³/mol. The molecular weight excluding hydrogens is 186 g/mol. The first-order valence-electron chi connectivity index (χ1n) is 5.65. The second kappa shape index (κ2) is 2.84. The Morgan fingerprint density at radius 1 is 1.27 bits per heavy atom. The van der Waals surface area contributed by atoms with Crippen LogP contribution < -0.4 is 5.32 Å². The summed E-state index contributed by atoms with van der Waals surface area (Å²) in [6.07, 6.45) is 4.41. The van der Waals surface area contributed by atoms with Gasteiger partial charge in [-0.15, -0.1) is 0 Å². The van der Waals surface area contributed by atoms with Crippen molar-refractivity contribution in [3.63, 3.8) is 0 Å². The van der Waals surface area contributed by atoms with Gasteiger partial charge in [0.15, 0.2) is 0 Å². The molecule has 0 bridgehead atoms. The summed E-state index contributed by atoms with van der Waals surface area (Å²) in [6, 6.07) is 6.33. The predicted octanol–water partition coefficient (Wildman–Crippen LogP) is 2.76. The van der Waals surface area contributed by atoms with Gasteiger partial charge < -0.3 is 5.32 Å². The molecule has 1 aliphatic heterocycles. The zero-order valence-corrected chi connectivity index (χ0v) is 8.97. The minimum Gasteiger partial charge on any atom is -0.325 e. The van der Waals surface area contributed by atoms with Crippen LogP contribution in [0.25, 0.3) is 0 Å². The van der Waals surface area contributed by atoms with Crippen LogP contribution in [0.2, 0.25) is 0 Å². The van der Waals surface area contributed by atoms with E-state index in [4.69, 9.17) is 0 Å². The summed E-state index contributed by atoms with van der Waals surface area (Å²) in [6.45, 7) is 2.06.